The maximum Gasteiger partial charge on any atom is 0.265 e. The quantitative estimate of drug-likeness (QED) is 0.307. The Bertz CT molecular complexity index is 1200. The molecule has 2 aliphatic rings. The fourth-order valence-corrected chi connectivity index (χ4v) is 4.91. The van der Waals surface area contributed by atoms with Crippen molar-refractivity contribution >= 4 is 23.4 Å². The number of benzene rings is 2. The molecule has 1 fully saturated rings. The predicted octanol–water partition coefficient (Wildman–Crippen LogP) is 6.27. The van der Waals surface area contributed by atoms with E-state index in [1.807, 2.05) is 55.3 Å². The van der Waals surface area contributed by atoms with Gasteiger partial charge in [-0.05, 0) is 51.0 Å². The second-order valence-corrected chi connectivity index (χ2v) is 9.32. The van der Waals surface area contributed by atoms with Gasteiger partial charge < -0.3 is 0 Å². The lowest BCUT2D eigenvalue weighted by Crippen LogP contribution is -2.45. The first kappa shape index (κ1) is 26.2. The molecule has 0 atom stereocenters. The third kappa shape index (κ3) is 6.60. The molecule has 2 heterocycles. The molecule has 0 bridgehead atoms. The topological polar surface area (TPSA) is 44.7 Å². The highest BCUT2D eigenvalue weighted by atomic mass is 32.2. The molecule has 0 unspecified atom stereocenters. The number of nitrogens with one attached hydrogen (secondary N) is 1. The van der Waals surface area contributed by atoms with E-state index < -0.39 is 0 Å². The van der Waals surface area contributed by atoms with E-state index in [-0.39, 0.29) is 11.7 Å². The lowest BCUT2D eigenvalue weighted by atomic mass is 10.0. The highest BCUT2D eigenvalue weighted by Gasteiger charge is 2.21. The van der Waals surface area contributed by atoms with Crippen molar-refractivity contribution in [2.24, 2.45) is 4.99 Å². The van der Waals surface area contributed by atoms with E-state index in [1.54, 1.807) is 36.0 Å². The number of fused-ring (bicyclic) bond motifs is 1. The number of terminal acetylenes is 1. The number of piperidine rings is 1. The number of rotatable bonds is 5. The Morgan fingerprint density at radius 1 is 1.06 bits per heavy atom. The van der Waals surface area contributed by atoms with E-state index in [2.05, 4.69) is 18.3 Å². The molecule has 1 saturated heterocycles. The van der Waals surface area contributed by atoms with Gasteiger partial charge >= 0.3 is 0 Å². The van der Waals surface area contributed by atoms with Crippen LogP contribution in [0.3, 0.4) is 0 Å². The number of carbonyl (C=O) groups excluding carboxylic acids is 1. The van der Waals surface area contributed by atoms with Gasteiger partial charge in [0.05, 0.1) is 11.4 Å². The molecule has 0 aliphatic carbocycles. The first-order valence-electron chi connectivity index (χ1n) is 11.6. The van der Waals surface area contributed by atoms with Gasteiger partial charge in [-0.3, -0.25) is 10.2 Å². The Morgan fingerprint density at radius 2 is 1.71 bits per heavy atom. The highest BCUT2D eigenvalue weighted by molar-refractivity contribution is 8.03. The van der Waals surface area contributed by atoms with Crippen molar-refractivity contribution in [3.63, 3.8) is 0 Å². The van der Waals surface area contributed by atoms with Crippen molar-refractivity contribution in [1.82, 2.24) is 10.4 Å². The molecule has 4 nitrogen and oxygen atoms in total. The zero-order valence-corrected chi connectivity index (χ0v) is 20.9. The summed E-state index contributed by atoms with van der Waals surface area (Å²) in [4.78, 5) is 19.9. The molecule has 4 rings (SSSR count). The van der Waals surface area contributed by atoms with E-state index in [0.29, 0.717) is 22.5 Å². The third-order valence-electron chi connectivity index (χ3n) is 5.64. The number of halogens is 1. The van der Waals surface area contributed by atoms with Gasteiger partial charge in [-0.15, -0.1) is 12.8 Å². The summed E-state index contributed by atoms with van der Waals surface area (Å²) in [5, 5.41) is 1.98. The number of aliphatic imine (C=N–C) groups is 1. The fraction of sp³-hybridized carbons (Fsp3) is 0.241. The highest BCUT2D eigenvalue weighted by Crippen LogP contribution is 2.37. The maximum absolute atomic E-state index is 14.8. The van der Waals surface area contributed by atoms with Gasteiger partial charge in [-0.2, -0.15) is 0 Å². The minimum atomic E-state index is -0.324. The van der Waals surface area contributed by atoms with Crippen molar-refractivity contribution in [3.05, 3.63) is 99.9 Å². The number of nitrogens with zero attached hydrogens (tertiary/aromatic N) is 2. The second kappa shape index (κ2) is 12.9. The molecule has 0 radical (unpaired) electrons. The van der Waals surface area contributed by atoms with Gasteiger partial charge in [-0.25, -0.2) is 14.4 Å². The van der Waals surface area contributed by atoms with Gasteiger partial charge in [0.25, 0.3) is 5.91 Å². The van der Waals surface area contributed by atoms with Crippen LogP contribution in [-0.2, 0) is 4.79 Å². The molecule has 2 aromatic carbocycles. The number of hydrogen-bond donors (Lipinski definition) is 1. The van der Waals surface area contributed by atoms with Crippen LogP contribution in [0.25, 0.3) is 0 Å². The molecular formula is C29H30FN3OS. The van der Waals surface area contributed by atoms with Crippen LogP contribution < -0.4 is 5.43 Å². The first-order chi connectivity index (χ1) is 17.1. The van der Waals surface area contributed by atoms with Crippen LogP contribution in [-0.4, -0.2) is 29.7 Å². The standard InChI is InChI=1S/C27H28FN3OS.C2H2/c1-3-11-20(27(32)30-31-16-9-4-10-17-31)18-24-19(2)33-25-15-8-6-13-22(25)26(29-24)21-12-5-7-14-23(21)28;1-2/h3,5-8,11-15,18H,4,9-10,16-17H2,1-2H3,(H,30,32);1-2H/b11-3-,20-18+;. The van der Waals surface area contributed by atoms with Crippen LogP contribution in [0.15, 0.2) is 92.8 Å². The number of thioether (sulfide) groups is 1. The molecule has 1 amide bonds. The summed E-state index contributed by atoms with van der Waals surface area (Å²) in [6.45, 7) is 5.58. The summed E-state index contributed by atoms with van der Waals surface area (Å²) in [5.41, 5.74) is 6.08. The Morgan fingerprint density at radius 3 is 2.40 bits per heavy atom. The number of carbonyl (C=O) groups is 1. The molecule has 2 aliphatic heterocycles. The summed E-state index contributed by atoms with van der Waals surface area (Å²) >= 11 is 1.58. The van der Waals surface area contributed by atoms with Crippen LogP contribution in [0, 0.1) is 18.7 Å². The molecule has 0 aromatic heterocycles. The Balaban J connectivity index is 0.00000167. The molecule has 180 valence electrons. The Hall–Kier alpha value is -3.40. The van der Waals surface area contributed by atoms with Crippen molar-refractivity contribution in [3.8, 4) is 12.8 Å². The van der Waals surface area contributed by atoms with Crippen LogP contribution in [0.4, 0.5) is 4.39 Å². The summed E-state index contributed by atoms with van der Waals surface area (Å²) in [6.07, 6.45) is 16.8. The number of amides is 1. The minimum absolute atomic E-state index is 0.162. The average molecular weight is 488 g/mol. The molecule has 2 aromatic rings. The van der Waals surface area contributed by atoms with Crippen LogP contribution >= 0.6 is 11.8 Å². The normalized spacial score (nSPS) is 16.6. The largest absolute Gasteiger partial charge is 0.285 e. The van der Waals surface area contributed by atoms with Crippen molar-refractivity contribution < 1.29 is 9.18 Å². The monoisotopic (exact) mass is 487 g/mol. The molecule has 6 heteroatoms. The summed E-state index contributed by atoms with van der Waals surface area (Å²) in [5.74, 6) is -0.486. The van der Waals surface area contributed by atoms with E-state index >= 15 is 0 Å². The number of hydrogen-bond acceptors (Lipinski definition) is 4. The lowest BCUT2D eigenvalue weighted by Gasteiger charge is -2.27. The Labute approximate surface area is 211 Å². The zero-order valence-electron chi connectivity index (χ0n) is 20.1. The molecule has 35 heavy (non-hydrogen) atoms. The average Bonchev–Trinajstić information content (AvgIpc) is 3.02. The van der Waals surface area contributed by atoms with Crippen molar-refractivity contribution in [2.45, 2.75) is 38.0 Å². The van der Waals surface area contributed by atoms with Crippen molar-refractivity contribution in [1.29, 1.82) is 0 Å². The van der Waals surface area contributed by atoms with E-state index in [9.17, 15) is 9.18 Å². The summed E-state index contributed by atoms with van der Waals surface area (Å²) in [6, 6.07) is 14.6. The molecule has 1 N–H and O–H groups in total. The first-order valence-corrected chi connectivity index (χ1v) is 12.4. The predicted molar refractivity (Wildman–Crippen MR) is 143 cm³/mol. The smallest absolute Gasteiger partial charge is 0.265 e. The van der Waals surface area contributed by atoms with E-state index in [4.69, 9.17) is 4.99 Å². The third-order valence-corrected chi connectivity index (χ3v) is 6.73. The van der Waals surface area contributed by atoms with Gasteiger partial charge in [-0.1, -0.05) is 60.7 Å². The van der Waals surface area contributed by atoms with Gasteiger partial charge in [0.1, 0.15) is 5.82 Å². The fourth-order valence-electron chi connectivity index (χ4n) is 3.95. The minimum Gasteiger partial charge on any atom is -0.285 e. The number of hydrazine groups is 1. The zero-order chi connectivity index (χ0) is 25.2. The summed E-state index contributed by atoms with van der Waals surface area (Å²) < 4.78 is 14.8. The maximum atomic E-state index is 14.8. The van der Waals surface area contributed by atoms with Gasteiger partial charge in [0, 0.05) is 39.6 Å². The van der Waals surface area contributed by atoms with Crippen molar-refractivity contribution in [2.75, 3.05) is 13.1 Å². The molecule has 0 saturated carbocycles. The molecular weight excluding hydrogens is 457 g/mol. The van der Waals surface area contributed by atoms with Gasteiger partial charge in [0.15, 0.2) is 0 Å². The Kier molecular flexibility index (Phi) is 9.66. The number of allylic oxidation sites excluding steroid dienone is 3. The van der Waals surface area contributed by atoms with Crippen LogP contribution in [0.2, 0.25) is 0 Å². The second-order valence-electron chi connectivity index (χ2n) is 8.07. The molecule has 0 spiro atoms. The summed E-state index contributed by atoms with van der Waals surface area (Å²) in [7, 11) is 0. The van der Waals surface area contributed by atoms with E-state index in [1.165, 1.54) is 12.5 Å². The van der Waals surface area contributed by atoms with E-state index in [0.717, 1.165) is 41.3 Å². The SMILES string of the molecule is C#C.C/C=C\C(=C/C1=C(C)Sc2ccccc2C(c2ccccc2F)=N1)C(=O)NN1CCCCC1. The van der Waals surface area contributed by atoms with Gasteiger partial charge in [0.2, 0.25) is 0 Å². The van der Waals surface area contributed by atoms with Crippen LogP contribution in [0.5, 0.6) is 0 Å². The lowest BCUT2D eigenvalue weighted by molar-refractivity contribution is -0.122. The van der Waals surface area contributed by atoms with Crippen LogP contribution in [0.1, 0.15) is 44.2 Å².